The predicted molar refractivity (Wildman–Crippen MR) is 95.4 cm³/mol. The molecule has 0 bridgehead atoms. The highest BCUT2D eigenvalue weighted by Gasteiger charge is 2.20. The van der Waals surface area contributed by atoms with Crippen LogP contribution in [0.15, 0.2) is 17.1 Å². The third-order valence-corrected chi connectivity index (χ3v) is 4.24. The maximum Gasteiger partial charge on any atom is 0.203 e. The number of ether oxygens (including phenoxy) is 3. The van der Waals surface area contributed by atoms with Gasteiger partial charge in [0, 0.05) is 46.8 Å². The van der Waals surface area contributed by atoms with Gasteiger partial charge in [-0.05, 0) is 17.7 Å². The molecule has 24 heavy (non-hydrogen) atoms. The molecule has 0 saturated carbocycles. The first kappa shape index (κ1) is 18.2. The molecule has 0 amide bonds. The fourth-order valence-corrected chi connectivity index (χ4v) is 3.01. The standard InChI is InChI=1S/C17H28N4O3/c1-18-17(19-2)21-8-6-20(7-9-21)12-13-10-14(22-3)16(24-5)15(11-13)23-4/h10-11H,6-9,12H2,1-5H3,(H,18,19). The molecule has 1 heterocycles. The van der Waals surface area contributed by atoms with Gasteiger partial charge in [0.15, 0.2) is 17.5 Å². The lowest BCUT2D eigenvalue weighted by atomic mass is 10.1. The maximum absolute atomic E-state index is 5.43. The summed E-state index contributed by atoms with van der Waals surface area (Å²) in [4.78, 5) is 8.96. The first-order valence-corrected chi connectivity index (χ1v) is 8.07. The molecule has 0 radical (unpaired) electrons. The number of rotatable bonds is 5. The number of hydrogen-bond acceptors (Lipinski definition) is 5. The van der Waals surface area contributed by atoms with Crippen molar-refractivity contribution in [3.05, 3.63) is 17.7 Å². The topological polar surface area (TPSA) is 58.6 Å². The summed E-state index contributed by atoms with van der Waals surface area (Å²) in [5.74, 6) is 2.97. The van der Waals surface area contributed by atoms with Crippen LogP contribution in [-0.4, -0.2) is 77.4 Å². The van der Waals surface area contributed by atoms with Crippen molar-refractivity contribution in [3.63, 3.8) is 0 Å². The van der Waals surface area contributed by atoms with E-state index in [2.05, 4.69) is 20.1 Å². The third-order valence-electron chi connectivity index (χ3n) is 4.24. The Morgan fingerprint density at radius 2 is 1.62 bits per heavy atom. The number of nitrogens with zero attached hydrogens (tertiary/aromatic N) is 3. The van der Waals surface area contributed by atoms with E-state index in [1.807, 2.05) is 26.2 Å². The van der Waals surface area contributed by atoms with Crippen molar-refractivity contribution < 1.29 is 14.2 Å². The normalized spacial score (nSPS) is 16.0. The van der Waals surface area contributed by atoms with Crippen LogP contribution in [0.25, 0.3) is 0 Å². The summed E-state index contributed by atoms with van der Waals surface area (Å²) in [6.45, 7) is 4.73. The number of benzene rings is 1. The number of aliphatic imine (C=N–C) groups is 1. The van der Waals surface area contributed by atoms with Gasteiger partial charge in [-0.15, -0.1) is 0 Å². The summed E-state index contributed by atoms with van der Waals surface area (Å²) in [5.41, 5.74) is 1.15. The Morgan fingerprint density at radius 3 is 2.04 bits per heavy atom. The second kappa shape index (κ2) is 8.63. The zero-order valence-electron chi connectivity index (χ0n) is 15.3. The van der Waals surface area contributed by atoms with Crippen LogP contribution in [-0.2, 0) is 6.54 Å². The quantitative estimate of drug-likeness (QED) is 0.640. The van der Waals surface area contributed by atoms with Crippen molar-refractivity contribution in [2.45, 2.75) is 6.54 Å². The molecule has 0 aromatic heterocycles. The molecule has 2 rings (SSSR count). The van der Waals surface area contributed by atoms with E-state index in [1.54, 1.807) is 21.3 Å². The molecule has 1 aliphatic rings. The largest absolute Gasteiger partial charge is 0.493 e. The van der Waals surface area contributed by atoms with Crippen LogP contribution in [0, 0.1) is 0 Å². The molecular formula is C17H28N4O3. The van der Waals surface area contributed by atoms with E-state index in [9.17, 15) is 0 Å². The molecule has 7 heteroatoms. The SMILES string of the molecule is CN=C(NC)N1CCN(Cc2cc(OC)c(OC)c(OC)c2)CC1. The molecule has 1 aliphatic heterocycles. The number of methoxy groups -OCH3 is 3. The zero-order chi connectivity index (χ0) is 17.5. The van der Waals surface area contributed by atoms with E-state index < -0.39 is 0 Å². The first-order valence-electron chi connectivity index (χ1n) is 8.07. The lowest BCUT2D eigenvalue weighted by molar-refractivity contribution is 0.172. The maximum atomic E-state index is 5.43. The Labute approximate surface area is 144 Å². The molecule has 1 fully saturated rings. The van der Waals surface area contributed by atoms with Gasteiger partial charge < -0.3 is 24.4 Å². The van der Waals surface area contributed by atoms with Crippen LogP contribution in [0.2, 0.25) is 0 Å². The van der Waals surface area contributed by atoms with Crippen LogP contribution in [0.5, 0.6) is 17.2 Å². The summed E-state index contributed by atoms with van der Waals surface area (Å²) in [7, 11) is 8.62. The van der Waals surface area contributed by atoms with E-state index >= 15 is 0 Å². The van der Waals surface area contributed by atoms with Gasteiger partial charge in [-0.2, -0.15) is 0 Å². The zero-order valence-corrected chi connectivity index (χ0v) is 15.3. The van der Waals surface area contributed by atoms with Crippen molar-refractivity contribution in [1.82, 2.24) is 15.1 Å². The molecular weight excluding hydrogens is 308 g/mol. The highest BCUT2D eigenvalue weighted by atomic mass is 16.5. The third kappa shape index (κ3) is 4.03. The van der Waals surface area contributed by atoms with Gasteiger partial charge in [-0.1, -0.05) is 0 Å². The molecule has 1 aromatic rings. The molecule has 1 saturated heterocycles. The monoisotopic (exact) mass is 336 g/mol. The number of guanidine groups is 1. The van der Waals surface area contributed by atoms with Gasteiger partial charge >= 0.3 is 0 Å². The highest BCUT2D eigenvalue weighted by molar-refractivity contribution is 5.79. The summed E-state index contributed by atoms with van der Waals surface area (Å²) >= 11 is 0. The van der Waals surface area contributed by atoms with Crippen molar-refractivity contribution in [1.29, 1.82) is 0 Å². The molecule has 0 atom stereocenters. The lowest BCUT2D eigenvalue weighted by Gasteiger charge is -2.36. The van der Waals surface area contributed by atoms with Crippen molar-refractivity contribution in [2.75, 3.05) is 61.6 Å². The minimum absolute atomic E-state index is 0.631. The second-order valence-electron chi connectivity index (χ2n) is 5.59. The fourth-order valence-electron chi connectivity index (χ4n) is 3.01. The average Bonchev–Trinajstić information content (AvgIpc) is 2.63. The van der Waals surface area contributed by atoms with E-state index in [1.165, 1.54) is 0 Å². The van der Waals surface area contributed by atoms with Gasteiger partial charge in [0.05, 0.1) is 21.3 Å². The Balaban J connectivity index is 2.05. The van der Waals surface area contributed by atoms with Crippen LogP contribution in [0.4, 0.5) is 0 Å². The molecule has 0 spiro atoms. The number of hydrogen-bond donors (Lipinski definition) is 1. The van der Waals surface area contributed by atoms with Gasteiger partial charge in [-0.25, -0.2) is 0 Å². The Kier molecular flexibility index (Phi) is 6.54. The average molecular weight is 336 g/mol. The molecule has 0 unspecified atom stereocenters. The van der Waals surface area contributed by atoms with Crippen LogP contribution in [0.1, 0.15) is 5.56 Å². The van der Waals surface area contributed by atoms with Crippen LogP contribution < -0.4 is 19.5 Å². The predicted octanol–water partition coefficient (Wildman–Crippen LogP) is 1.04. The summed E-state index contributed by atoms with van der Waals surface area (Å²) in [6.07, 6.45) is 0. The van der Waals surface area contributed by atoms with E-state index in [0.29, 0.717) is 17.2 Å². The fraction of sp³-hybridized carbons (Fsp3) is 0.588. The Morgan fingerprint density at radius 1 is 1.04 bits per heavy atom. The van der Waals surface area contributed by atoms with E-state index in [4.69, 9.17) is 14.2 Å². The van der Waals surface area contributed by atoms with Crippen molar-refractivity contribution >= 4 is 5.96 Å². The Bertz CT molecular complexity index is 544. The van der Waals surface area contributed by atoms with Gasteiger partial charge in [0.1, 0.15) is 0 Å². The number of nitrogens with one attached hydrogen (secondary N) is 1. The molecule has 1 aromatic carbocycles. The first-order chi connectivity index (χ1) is 11.7. The van der Waals surface area contributed by atoms with Crippen molar-refractivity contribution in [3.8, 4) is 17.2 Å². The van der Waals surface area contributed by atoms with Gasteiger partial charge in [0.25, 0.3) is 0 Å². The Hall–Kier alpha value is -2.15. The number of piperazine rings is 1. The molecule has 0 aliphatic carbocycles. The smallest absolute Gasteiger partial charge is 0.203 e. The lowest BCUT2D eigenvalue weighted by Crippen LogP contribution is -2.51. The summed E-state index contributed by atoms with van der Waals surface area (Å²) in [6, 6.07) is 4.03. The minimum atomic E-state index is 0.631. The summed E-state index contributed by atoms with van der Waals surface area (Å²) in [5, 5.41) is 3.14. The van der Waals surface area contributed by atoms with Crippen LogP contribution in [0.3, 0.4) is 0 Å². The minimum Gasteiger partial charge on any atom is -0.493 e. The summed E-state index contributed by atoms with van der Waals surface area (Å²) < 4.78 is 16.2. The molecule has 134 valence electrons. The second-order valence-corrected chi connectivity index (χ2v) is 5.59. The van der Waals surface area contributed by atoms with Crippen molar-refractivity contribution in [2.24, 2.45) is 4.99 Å². The van der Waals surface area contributed by atoms with E-state index in [0.717, 1.165) is 44.2 Å². The van der Waals surface area contributed by atoms with E-state index in [-0.39, 0.29) is 0 Å². The molecule has 7 nitrogen and oxygen atoms in total. The van der Waals surface area contributed by atoms with Gasteiger partial charge in [0.2, 0.25) is 5.75 Å². The van der Waals surface area contributed by atoms with Gasteiger partial charge in [-0.3, -0.25) is 9.89 Å². The highest BCUT2D eigenvalue weighted by Crippen LogP contribution is 2.38. The molecule has 1 N–H and O–H groups in total. The van der Waals surface area contributed by atoms with Crippen LogP contribution >= 0.6 is 0 Å².